The van der Waals surface area contributed by atoms with Crippen molar-refractivity contribution in [3.63, 3.8) is 0 Å². The molecule has 1 saturated heterocycles. The number of hydrazine groups is 1. The largest absolute Gasteiger partial charge is 0.271 e. The van der Waals surface area contributed by atoms with Crippen molar-refractivity contribution >= 4 is 10.0 Å². The summed E-state index contributed by atoms with van der Waals surface area (Å²) in [5.74, 6) is 6.01. The minimum Gasteiger partial charge on any atom is -0.271 e. The highest BCUT2D eigenvalue weighted by atomic mass is 32.2. The highest BCUT2D eigenvalue weighted by Gasteiger charge is 2.27. The van der Waals surface area contributed by atoms with E-state index in [9.17, 15) is 8.42 Å². The van der Waals surface area contributed by atoms with Gasteiger partial charge < -0.3 is 0 Å². The van der Waals surface area contributed by atoms with Gasteiger partial charge in [0.2, 0.25) is 10.0 Å². The fraction of sp³-hybridized carbons (Fsp3) is 0.643. The summed E-state index contributed by atoms with van der Waals surface area (Å²) < 4.78 is 24.9. The Morgan fingerprint density at radius 3 is 2.95 bits per heavy atom. The van der Waals surface area contributed by atoms with Crippen LogP contribution in [0.15, 0.2) is 18.3 Å². The maximum Gasteiger partial charge on any atom is 0.211 e. The highest BCUT2D eigenvalue weighted by Crippen LogP contribution is 2.28. The molecule has 1 aromatic rings. The van der Waals surface area contributed by atoms with Crippen molar-refractivity contribution in [2.45, 2.75) is 32.2 Å². The van der Waals surface area contributed by atoms with E-state index >= 15 is 0 Å². The van der Waals surface area contributed by atoms with Crippen LogP contribution < -0.4 is 11.3 Å². The molecule has 1 fully saturated rings. The summed E-state index contributed by atoms with van der Waals surface area (Å²) in [6.45, 7) is 3.16. The molecule has 0 bridgehead atoms. The van der Waals surface area contributed by atoms with E-state index in [0.29, 0.717) is 19.0 Å². The van der Waals surface area contributed by atoms with Gasteiger partial charge in [0.25, 0.3) is 0 Å². The molecule has 0 amide bonds. The van der Waals surface area contributed by atoms with E-state index in [4.69, 9.17) is 5.84 Å². The lowest BCUT2D eigenvalue weighted by Gasteiger charge is -2.33. The quantitative estimate of drug-likeness (QED) is 0.624. The van der Waals surface area contributed by atoms with Gasteiger partial charge in [0.05, 0.1) is 6.26 Å². The van der Waals surface area contributed by atoms with Crippen molar-refractivity contribution in [2.75, 3.05) is 19.3 Å². The summed E-state index contributed by atoms with van der Waals surface area (Å²) in [4.78, 5) is 4.19. The molecule has 21 heavy (non-hydrogen) atoms. The number of hydrogen-bond acceptors (Lipinski definition) is 5. The minimum absolute atomic E-state index is 0.0243. The smallest absolute Gasteiger partial charge is 0.211 e. The van der Waals surface area contributed by atoms with Crippen LogP contribution >= 0.6 is 0 Å². The summed E-state index contributed by atoms with van der Waals surface area (Å²) >= 11 is 0. The molecule has 0 radical (unpaired) electrons. The summed E-state index contributed by atoms with van der Waals surface area (Å²) in [7, 11) is -3.10. The SMILES string of the molecule is Cc1cc(C(CC2CCCN(S(C)(=O)=O)C2)NN)ccn1. The standard InChI is InChI=1S/C14H24N4O2S/c1-11-8-13(5-6-16-11)14(17-15)9-12-4-3-7-18(10-12)21(2,19)20/h5-6,8,12,14,17H,3-4,7,9-10,15H2,1-2H3. The summed E-state index contributed by atoms with van der Waals surface area (Å²) in [6.07, 6.45) is 5.82. The Hall–Kier alpha value is -1.02. The number of aromatic nitrogens is 1. The molecule has 1 aromatic heterocycles. The van der Waals surface area contributed by atoms with E-state index in [2.05, 4.69) is 10.4 Å². The van der Waals surface area contributed by atoms with Gasteiger partial charge in [0.1, 0.15) is 0 Å². The van der Waals surface area contributed by atoms with Gasteiger partial charge in [-0.1, -0.05) is 0 Å². The number of pyridine rings is 1. The molecule has 0 saturated carbocycles. The van der Waals surface area contributed by atoms with Crippen LogP contribution in [0.4, 0.5) is 0 Å². The van der Waals surface area contributed by atoms with Crippen LogP contribution in [0.2, 0.25) is 0 Å². The van der Waals surface area contributed by atoms with Gasteiger partial charge >= 0.3 is 0 Å². The van der Waals surface area contributed by atoms with Crippen molar-refractivity contribution in [1.82, 2.24) is 14.7 Å². The zero-order chi connectivity index (χ0) is 15.5. The van der Waals surface area contributed by atoms with Gasteiger partial charge in [-0.2, -0.15) is 0 Å². The van der Waals surface area contributed by atoms with E-state index in [-0.39, 0.29) is 6.04 Å². The van der Waals surface area contributed by atoms with Crippen LogP contribution in [0.1, 0.15) is 36.6 Å². The second-order valence-electron chi connectivity index (χ2n) is 5.81. The van der Waals surface area contributed by atoms with Crippen LogP contribution in [-0.2, 0) is 10.0 Å². The lowest BCUT2D eigenvalue weighted by atomic mass is 9.90. The van der Waals surface area contributed by atoms with Crippen LogP contribution in [0, 0.1) is 12.8 Å². The Bertz CT molecular complexity index is 576. The van der Waals surface area contributed by atoms with E-state index < -0.39 is 10.0 Å². The first-order valence-electron chi connectivity index (χ1n) is 7.24. The Morgan fingerprint density at radius 2 is 2.33 bits per heavy atom. The minimum atomic E-state index is -3.10. The Labute approximate surface area is 126 Å². The normalized spacial score (nSPS) is 22.1. The Morgan fingerprint density at radius 1 is 1.57 bits per heavy atom. The van der Waals surface area contributed by atoms with Crippen LogP contribution in [0.5, 0.6) is 0 Å². The number of nitrogens with two attached hydrogens (primary N) is 1. The zero-order valence-corrected chi connectivity index (χ0v) is 13.4. The van der Waals surface area contributed by atoms with Crippen molar-refractivity contribution in [2.24, 2.45) is 11.8 Å². The highest BCUT2D eigenvalue weighted by molar-refractivity contribution is 7.88. The number of aryl methyl sites for hydroxylation is 1. The lowest BCUT2D eigenvalue weighted by molar-refractivity contribution is 0.238. The topological polar surface area (TPSA) is 88.3 Å². The van der Waals surface area contributed by atoms with E-state index in [0.717, 1.165) is 30.5 Å². The van der Waals surface area contributed by atoms with Crippen LogP contribution in [0.3, 0.4) is 0 Å². The first-order chi connectivity index (χ1) is 9.90. The molecule has 0 aliphatic carbocycles. The molecule has 0 spiro atoms. The Balaban J connectivity index is 2.05. The maximum absolute atomic E-state index is 11.7. The van der Waals surface area contributed by atoms with Crippen molar-refractivity contribution < 1.29 is 8.42 Å². The number of rotatable bonds is 5. The molecule has 118 valence electrons. The second kappa shape index (κ2) is 6.83. The molecule has 1 aliphatic heterocycles. The zero-order valence-electron chi connectivity index (χ0n) is 12.6. The summed E-state index contributed by atoms with van der Waals surface area (Å²) in [5, 5.41) is 0. The monoisotopic (exact) mass is 312 g/mol. The third-order valence-electron chi connectivity index (χ3n) is 4.04. The van der Waals surface area contributed by atoms with Gasteiger partial charge in [-0.25, -0.2) is 12.7 Å². The molecule has 6 nitrogen and oxygen atoms in total. The third kappa shape index (κ3) is 4.47. The molecule has 0 aromatic carbocycles. The van der Waals surface area contributed by atoms with Gasteiger partial charge in [-0.15, -0.1) is 0 Å². The molecule has 2 atom stereocenters. The van der Waals surface area contributed by atoms with Crippen molar-refractivity contribution in [3.8, 4) is 0 Å². The maximum atomic E-state index is 11.7. The first kappa shape index (κ1) is 16.4. The van der Waals surface area contributed by atoms with E-state index in [1.807, 2.05) is 19.1 Å². The predicted molar refractivity (Wildman–Crippen MR) is 82.8 cm³/mol. The molecule has 2 unspecified atom stereocenters. The average Bonchev–Trinajstić information content (AvgIpc) is 2.44. The lowest BCUT2D eigenvalue weighted by Crippen LogP contribution is -2.41. The van der Waals surface area contributed by atoms with E-state index in [1.54, 1.807) is 10.5 Å². The fourth-order valence-corrected chi connectivity index (χ4v) is 3.88. The predicted octanol–water partition coefficient (Wildman–Crippen LogP) is 0.956. The fourth-order valence-electron chi connectivity index (χ4n) is 2.94. The number of nitrogens with zero attached hydrogens (tertiary/aromatic N) is 2. The molecule has 1 aliphatic rings. The molecule has 3 N–H and O–H groups in total. The number of sulfonamides is 1. The average molecular weight is 312 g/mol. The first-order valence-corrected chi connectivity index (χ1v) is 9.09. The van der Waals surface area contributed by atoms with Crippen molar-refractivity contribution in [1.29, 1.82) is 0 Å². The second-order valence-corrected chi connectivity index (χ2v) is 7.80. The van der Waals surface area contributed by atoms with Gasteiger partial charge in [0, 0.05) is 31.0 Å². The summed E-state index contributed by atoms with van der Waals surface area (Å²) in [6, 6.07) is 3.99. The number of piperidine rings is 1. The van der Waals surface area contributed by atoms with Crippen molar-refractivity contribution in [3.05, 3.63) is 29.6 Å². The molecular weight excluding hydrogens is 288 g/mol. The van der Waals surface area contributed by atoms with E-state index in [1.165, 1.54) is 6.26 Å². The van der Waals surface area contributed by atoms with Gasteiger partial charge in [0.15, 0.2) is 0 Å². The molecule has 2 heterocycles. The third-order valence-corrected chi connectivity index (χ3v) is 5.31. The summed E-state index contributed by atoms with van der Waals surface area (Å²) in [5.41, 5.74) is 4.90. The molecule has 2 rings (SSSR count). The molecule has 7 heteroatoms. The van der Waals surface area contributed by atoms with Gasteiger partial charge in [-0.05, 0) is 49.8 Å². The Kier molecular flexibility index (Phi) is 5.32. The number of nitrogens with one attached hydrogen (secondary N) is 1. The number of hydrogen-bond donors (Lipinski definition) is 2. The van der Waals surface area contributed by atoms with Crippen LogP contribution in [-0.4, -0.2) is 37.1 Å². The molecular formula is C14H24N4O2S. The van der Waals surface area contributed by atoms with Crippen LogP contribution in [0.25, 0.3) is 0 Å². The van der Waals surface area contributed by atoms with Gasteiger partial charge in [-0.3, -0.25) is 16.3 Å².